The SMILES string of the molecule is CNC(C)(C#N)CC(C)Sc1nccc(=O)[nH]1. The fourth-order valence-electron chi connectivity index (χ4n) is 1.42. The van der Waals surface area contributed by atoms with E-state index in [1.807, 2.05) is 13.8 Å². The van der Waals surface area contributed by atoms with Crippen LogP contribution in [-0.4, -0.2) is 27.8 Å². The van der Waals surface area contributed by atoms with Crippen LogP contribution < -0.4 is 10.9 Å². The van der Waals surface area contributed by atoms with Crippen LogP contribution >= 0.6 is 11.8 Å². The molecule has 2 atom stereocenters. The summed E-state index contributed by atoms with van der Waals surface area (Å²) in [6.45, 7) is 3.86. The van der Waals surface area contributed by atoms with Crippen molar-refractivity contribution in [3.05, 3.63) is 22.6 Å². The van der Waals surface area contributed by atoms with E-state index in [1.54, 1.807) is 7.05 Å². The number of hydrogen-bond donors (Lipinski definition) is 2. The van der Waals surface area contributed by atoms with Crippen molar-refractivity contribution >= 4 is 11.8 Å². The molecule has 0 aromatic carbocycles. The Kier molecular flexibility index (Phi) is 4.73. The number of nitrogens with one attached hydrogen (secondary N) is 2. The predicted octanol–water partition coefficient (Wildman–Crippen LogP) is 1.14. The second-order valence-corrected chi connectivity index (χ2v) is 5.49. The van der Waals surface area contributed by atoms with Gasteiger partial charge in [0.25, 0.3) is 5.56 Å². The van der Waals surface area contributed by atoms with Crippen LogP contribution in [0, 0.1) is 11.3 Å². The molecule has 2 unspecified atom stereocenters. The molecule has 0 bridgehead atoms. The second-order valence-electron chi connectivity index (χ2n) is 4.07. The van der Waals surface area contributed by atoms with Gasteiger partial charge in [-0.25, -0.2) is 4.98 Å². The topological polar surface area (TPSA) is 81.6 Å². The first-order valence-electron chi connectivity index (χ1n) is 5.31. The minimum atomic E-state index is -0.554. The van der Waals surface area contributed by atoms with Crippen molar-refractivity contribution in [1.29, 1.82) is 5.26 Å². The molecule has 5 nitrogen and oxygen atoms in total. The maximum absolute atomic E-state index is 11.1. The summed E-state index contributed by atoms with van der Waals surface area (Å²) >= 11 is 1.46. The molecule has 0 spiro atoms. The summed E-state index contributed by atoms with van der Waals surface area (Å²) in [5, 5.41) is 12.8. The maximum atomic E-state index is 11.1. The van der Waals surface area contributed by atoms with Gasteiger partial charge in [-0.05, 0) is 20.4 Å². The molecule has 0 aliphatic heterocycles. The maximum Gasteiger partial charge on any atom is 0.251 e. The summed E-state index contributed by atoms with van der Waals surface area (Å²) in [5.74, 6) is 0. The Morgan fingerprint density at radius 3 is 3.00 bits per heavy atom. The summed E-state index contributed by atoms with van der Waals surface area (Å²) in [6, 6.07) is 3.62. The van der Waals surface area contributed by atoms with E-state index in [0.717, 1.165) is 0 Å². The lowest BCUT2D eigenvalue weighted by Crippen LogP contribution is -2.40. The van der Waals surface area contributed by atoms with E-state index in [9.17, 15) is 4.79 Å². The van der Waals surface area contributed by atoms with E-state index in [0.29, 0.717) is 11.6 Å². The lowest BCUT2D eigenvalue weighted by atomic mass is 9.98. The van der Waals surface area contributed by atoms with E-state index in [-0.39, 0.29) is 10.8 Å². The zero-order valence-corrected chi connectivity index (χ0v) is 11.0. The van der Waals surface area contributed by atoms with Crippen LogP contribution in [0.2, 0.25) is 0 Å². The highest BCUT2D eigenvalue weighted by Gasteiger charge is 2.24. The van der Waals surface area contributed by atoms with Crippen LogP contribution in [0.5, 0.6) is 0 Å². The third kappa shape index (κ3) is 4.21. The normalized spacial score (nSPS) is 15.9. The molecule has 0 aliphatic carbocycles. The fourth-order valence-corrected chi connectivity index (χ4v) is 2.50. The minimum Gasteiger partial charge on any atom is -0.303 e. The lowest BCUT2D eigenvalue weighted by Gasteiger charge is -2.23. The van der Waals surface area contributed by atoms with E-state index in [1.165, 1.54) is 24.0 Å². The third-order valence-electron chi connectivity index (χ3n) is 2.45. The highest BCUT2D eigenvalue weighted by molar-refractivity contribution is 7.99. The second kappa shape index (κ2) is 5.84. The van der Waals surface area contributed by atoms with Crippen LogP contribution in [0.1, 0.15) is 20.3 Å². The molecule has 0 fully saturated rings. The Morgan fingerprint density at radius 1 is 1.76 bits per heavy atom. The van der Waals surface area contributed by atoms with Gasteiger partial charge in [-0.1, -0.05) is 18.7 Å². The molecule has 2 N–H and O–H groups in total. The first-order valence-corrected chi connectivity index (χ1v) is 6.19. The van der Waals surface area contributed by atoms with Gasteiger partial charge in [0, 0.05) is 17.5 Å². The summed E-state index contributed by atoms with van der Waals surface area (Å²) < 4.78 is 0. The number of H-pyrrole nitrogens is 1. The van der Waals surface area contributed by atoms with Crippen molar-refractivity contribution in [2.24, 2.45) is 0 Å². The minimum absolute atomic E-state index is 0.161. The smallest absolute Gasteiger partial charge is 0.251 e. The average Bonchev–Trinajstić information content (AvgIpc) is 2.28. The summed E-state index contributed by atoms with van der Waals surface area (Å²) in [6.07, 6.45) is 2.15. The van der Waals surface area contributed by atoms with Crippen LogP contribution in [0.3, 0.4) is 0 Å². The van der Waals surface area contributed by atoms with Crippen molar-refractivity contribution in [2.75, 3.05) is 7.05 Å². The Bertz CT molecular complexity index is 467. The van der Waals surface area contributed by atoms with E-state index in [2.05, 4.69) is 21.4 Å². The third-order valence-corrected chi connectivity index (χ3v) is 3.45. The number of rotatable bonds is 5. The van der Waals surface area contributed by atoms with E-state index >= 15 is 0 Å². The van der Waals surface area contributed by atoms with Crippen molar-refractivity contribution in [2.45, 2.75) is 36.2 Å². The largest absolute Gasteiger partial charge is 0.303 e. The number of aromatic amines is 1. The van der Waals surface area contributed by atoms with Crippen LogP contribution in [0.4, 0.5) is 0 Å². The van der Waals surface area contributed by atoms with E-state index in [4.69, 9.17) is 5.26 Å². The number of nitrogens with zero attached hydrogens (tertiary/aromatic N) is 2. The molecule has 0 aliphatic rings. The number of thioether (sulfide) groups is 1. The van der Waals surface area contributed by atoms with Gasteiger partial charge in [0.15, 0.2) is 5.16 Å². The van der Waals surface area contributed by atoms with Gasteiger partial charge >= 0.3 is 0 Å². The van der Waals surface area contributed by atoms with Gasteiger partial charge in [0.05, 0.1) is 6.07 Å². The molecule has 0 saturated heterocycles. The highest BCUT2D eigenvalue weighted by Crippen LogP contribution is 2.25. The van der Waals surface area contributed by atoms with Crippen molar-refractivity contribution in [3.63, 3.8) is 0 Å². The number of nitriles is 1. The zero-order valence-electron chi connectivity index (χ0n) is 10.2. The zero-order chi connectivity index (χ0) is 12.9. The molecule has 1 rings (SSSR count). The molecular formula is C11H16N4OS. The van der Waals surface area contributed by atoms with Gasteiger partial charge < -0.3 is 10.3 Å². The van der Waals surface area contributed by atoms with E-state index < -0.39 is 5.54 Å². The monoisotopic (exact) mass is 252 g/mol. The summed E-state index contributed by atoms with van der Waals surface area (Å²) in [5.41, 5.74) is -0.715. The number of aromatic nitrogens is 2. The van der Waals surface area contributed by atoms with Crippen molar-refractivity contribution in [3.8, 4) is 6.07 Å². The highest BCUT2D eigenvalue weighted by atomic mass is 32.2. The van der Waals surface area contributed by atoms with Gasteiger partial charge in [-0.3, -0.25) is 4.79 Å². The van der Waals surface area contributed by atoms with Gasteiger partial charge in [-0.15, -0.1) is 0 Å². The van der Waals surface area contributed by atoms with Gasteiger partial charge in [0.1, 0.15) is 5.54 Å². The molecule has 0 saturated carbocycles. The molecule has 1 aromatic rings. The van der Waals surface area contributed by atoms with Crippen LogP contribution in [0.15, 0.2) is 22.2 Å². The molecule has 6 heteroatoms. The number of hydrogen-bond acceptors (Lipinski definition) is 5. The quantitative estimate of drug-likeness (QED) is 0.606. The molecule has 92 valence electrons. The van der Waals surface area contributed by atoms with Crippen LogP contribution in [0.25, 0.3) is 0 Å². The van der Waals surface area contributed by atoms with Crippen LogP contribution in [-0.2, 0) is 0 Å². The first kappa shape index (κ1) is 13.7. The fraction of sp³-hybridized carbons (Fsp3) is 0.545. The van der Waals surface area contributed by atoms with Crippen molar-refractivity contribution in [1.82, 2.24) is 15.3 Å². The molecule has 17 heavy (non-hydrogen) atoms. The first-order chi connectivity index (χ1) is 7.99. The molecule has 0 amide bonds. The predicted molar refractivity (Wildman–Crippen MR) is 67.9 cm³/mol. The lowest BCUT2D eigenvalue weighted by molar-refractivity contribution is 0.455. The standard InChI is InChI=1S/C11H16N4OS/c1-8(6-11(2,7-12)13-3)17-10-14-5-4-9(16)15-10/h4-5,8,13H,6H2,1-3H3,(H,14,15,16). The Labute approximate surface area is 105 Å². The molecule has 1 heterocycles. The van der Waals surface area contributed by atoms with Gasteiger partial charge in [-0.2, -0.15) is 5.26 Å². The molecule has 1 aromatic heterocycles. The summed E-state index contributed by atoms with van der Waals surface area (Å²) in [4.78, 5) is 17.8. The average molecular weight is 252 g/mol. The molecule has 0 radical (unpaired) electrons. The summed E-state index contributed by atoms with van der Waals surface area (Å²) in [7, 11) is 1.77. The molecular weight excluding hydrogens is 236 g/mol. The van der Waals surface area contributed by atoms with Crippen molar-refractivity contribution < 1.29 is 0 Å². The Hall–Kier alpha value is -1.32. The Morgan fingerprint density at radius 2 is 2.47 bits per heavy atom. The Balaban J connectivity index is 2.65. The van der Waals surface area contributed by atoms with Gasteiger partial charge in [0.2, 0.25) is 0 Å².